The number of rotatable bonds is 1. The summed E-state index contributed by atoms with van der Waals surface area (Å²) < 4.78 is 14.9. The predicted molar refractivity (Wildman–Crippen MR) is 82.7 cm³/mol. The molecule has 7 heteroatoms. The minimum absolute atomic E-state index is 0.198. The number of hydrogen-bond donors (Lipinski definition) is 0. The molecule has 21 heavy (non-hydrogen) atoms. The molecule has 0 fully saturated rings. The lowest BCUT2D eigenvalue weighted by Crippen LogP contribution is -2.13. The maximum atomic E-state index is 13.3. The SMILES string of the molecule is Cn1c(Cl)nc(Cl)c1/C=C1/CSc2ccc(F)cc2C1=O. The predicted octanol–water partition coefficient (Wildman–Crippen LogP) is 4.24. The Morgan fingerprint density at radius 3 is 2.86 bits per heavy atom. The maximum absolute atomic E-state index is 13.3. The zero-order chi connectivity index (χ0) is 15.1. The lowest BCUT2D eigenvalue weighted by atomic mass is 10.0. The number of benzene rings is 1. The van der Waals surface area contributed by atoms with E-state index in [1.807, 2.05) is 0 Å². The van der Waals surface area contributed by atoms with Crippen molar-refractivity contribution in [1.29, 1.82) is 0 Å². The summed E-state index contributed by atoms with van der Waals surface area (Å²) in [4.78, 5) is 17.2. The Bertz CT molecular complexity index is 786. The molecule has 1 aromatic heterocycles. The van der Waals surface area contributed by atoms with E-state index >= 15 is 0 Å². The minimum Gasteiger partial charge on any atom is -0.317 e. The summed E-state index contributed by atoms with van der Waals surface area (Å²) in [6, 6.07) is 4.24. The van der Waals surface area contributed by atoms with Crippen LogP contribution in [0.3, 0.4) is 0 Å². The minimum atomic E-state index is -0.425. The van der Waals surface area contributed by atoms with Crippen molar-refractivity contribution in [3.05, 3.63) is 51.3 Å². The summed E-state index contributed by atoms with van der Waals surface area (Å²) in [5.74, 6) is -0.126. The highest BCUT2D eigenvalue weighted by atomic mass is 35.5. The Morgan fingerprint density at radius 1 is 1.43 bits per heavy atom. The van der Waals surface area contributed by atoms with Gasteiger partial charge in [0.05, 0.1) is 5.69 Å². The molecule has 0 amide bonds. The number of halogens is 3. The Kier molecular flexibility index (Phi) is 3.82. The van der Waals surface area contributed by atoms with Crippen molar-refractivity contribution in [2.24, 2.45) is 7.05 Å². The Hall–Kier alpha value is -1.30. The van der Waals surface area contributed by atoms with Crippen LogP contribution in [0.4, 0.5) is 4.39 Å². The van der Waals surface area contributed by atoms with Crippen molar-refractivity contribution in [2.75, 3.05) is 5.75 Å². The van der Waals surface area contributed by atoms with Gasteiger partial charge in [-0.2, -0.15) is 0 Å². The molecule has 0 spiro atoms. The molecule has 2 aromatic rings. The van der Waals surface area contributed by atoms with Gasteiger partial charge in [-0.15, -0.1) is 11.8 Å². The first-order chi connectivity index (χ1) is 9.97. The zero-order valence-corrected chi connectivity index (χ0v) is 13.2. The van der Waals surface area contributed by atoms with Crippen LogP contribution in [0.2, 0.25) is 10.4 Å². The zero-order valence-electron chi connectivity index (χ0n) is 10.9. The molecule has 3 rings (SSSR count). The monoisotopic (exact) mass is 342 g/mol. The van der Waals surface area contributed by atoms with Gasteiger partial charge in [-0.1, -0.05) is 11.6 Å². The van der Waals surface area contributed by atoms with E-state index in [0.29, 0.717) is 22.6 Å². The van der Waals surface area contributed by atoms with E-state index in [2.05, 4.69) is 4.98 Å². The number of nitrogens with zero attached hydrogens (tertiary/aromatic N) is 2. The number of fused-ring (bicyclic) bond motifs is 1. The number of Topliss-reactive ketones (excluding diaryl/α,β-unsaturated/α-hetero) is 1. The molecule has 1 aliphatic rings. The van der Waals surface area contributed by atoms with Crippen molar-refractivity contribution in [3.8, 4) is 0 Å². The van der Waals surface area contributed by atoms with Crippen molar-refractivity contribution >= 4 is 46.8 Å². The second-order valence-corrected chi connectivity index (χ2v) is 6.26. The summed E-state index contributed by atoms with van der Waals surface area (Å²) in [6.07, 6.45) is 1.66. The number of thioether (sulfide) groups is 1. The molecular weight excluding hydrogens is 334 g/mol. The molecule has 0 radical (unpaired) electrons. The average Bonchev–Trinajstić information content (AvgIpc) is 2.68. The second kappa shape index (κ2) is 5.48. The molecule has 0 atom stereocenters. The fourth-order valence-electron chi connectivity index (χ4n) is 2.08. The lowest BCUT2D eigenvalue weighted by Gasteiger charge is -2.17. The number of carbonyl (C=O) groups is 1. The Balaban J connectivity index is 2.05. The van der Waals surface area contributed by atoms with Crippen molar-refractivity contribution in [3.63, 3.8) is 0 Å². The molecule has 1 aromatic carbocycles. The smallest absolute Gasteiger partial charge is 0.204 e. The summed E-state index contributed by atoms with van der Waals surface area (Å²) in [5.41, 5.74) is 1.48. The lowest BCUT2D eigenvalue weighted by molar-refractivity contribution is 0.103. The van der Waals surface area contributed by atoms with Crippen LogP contribution in [0.15, 0.2) is 28.7 Å². The van der Waals surface area contributed by atoms with Gasteiger partial charge < -0.3 is 4.57 Å². The third kappa shape index (κ3) is 2.61. The second-order valence-electron chi connectivity index (χ2n) is 4.54. The van der Waals surface area contributed by atoms with Gasteiger partial charge in [0, 0.05) is 28.8 Å². The van der Waals surface area contributed by atoms with Gasteiger partial charge >= 0.3 is 0 Å². The van der Waals surface area contributed by atoms with Gasteiger partial charge in [-0.3, -0.25) is 4.79 Å². The van der Waals surface area contributed by atoms with Crippen LogP contribution < -0.4 is 0 Å². The molecule has 0 saturated carbocycles. The largest absolute Gasteiger partial charge is 0.317 e. The first-order valence-corrected chi connectivity index (χ1v) is 7.77. The third-order valence-electron chi connectivity index (χ3n) is 3.21. The molecule has 1 aliphatic heterocycles. The summed E-state index contributed by atoms with van der Waals surface area (Å²) >= 11 is 13.4. The fourth-order valence-corrected chi connectivity index (χ4v) is 3.56. The topological polar surface area (TPSA) is 34.9 Å². The number of carbonyl (C=O) groups excluding carboxylic acids is 1. The highest BCUT2D eigenvalue weighted by Crippen LogP contribution is 2.34. The quantitative estimate of drug-likeness (QED) is 0.727. The molecule has 0 bridgehead atoms. The van der Waals surface area contributed by atoms with Crippen LogP contribution in [0.25, 0.3) is 6.08 Å². The van der Waals surface area contributed by atoms with E-state index in [1.54, 1.807) is 23.8 Å². The van der Waals surface area contributed by atoms with Crippen LogP contribution in [0.5, 0.6) is 0 Å². The van der Waals surface area contributed by atoms with Gasteiger partial charge in [-0.25, -0.2) is 9.37 Å². The molecule has 0 unspecified atom stereocenters. The van der Waals surface area contributed by atoms with E-state index in [0.717, 1.165) is 4.90 Å². The fraction of sp³-hybridized carbons (Fsp3) is 0.143. The molecule has 0 saturated heterocycles. The van der Waals surface area contributed by atoms with Crippen LogP contribution in [-0.4, -0.2) is 21.1 Å². The standard InChI is InChI=1S/C14H9Cl2FN2OS/c1-19-10(13(15)18-14(19)16)4-7-6-21-11-3-2-8(17)5-9(11)12(7)20/h2-5H,6H2,1H3/b7-4-. The van der Waals surface area contributed by atoms with Gasteiger partial charge in [0.25, 0.3) is 0 Å². The Morgan fingerprint density at radius 2 is 2.19 bits per heavy atom. The van der Waals surface area contributed by atoms with Crippen molar-refractivity contribution in [1.82, 2.24) is 9.55 Å². The molecule has 0 N–H and O–H groups in total. The van der Waals surface area contributed by atoms with Crippen LogP contribution in [0.1, 0.15) is 16.1 Å². The first kappa shape index (κ1) is 14.6. The van der Waals surface area contributed by atoms with Gasteiger partial charge in [0.2, 0.25) is 5.28 Å². The third-order valence-corrected chi connectivity index (χ3v) is 4.95. The first-order valence-electron chi connectivity index (χ1n) is 6.02. The molecular formula is C14H9Cl2FN2OS. The summed E-state index contributed by atoms with van der Waals surface area (Å²) in [5, 5.41) is 0.479. The Labute approximate surface area is 134 Å². The van der Waals surface area contributed by atoms with Crippen LogP contribution in [-0.2, 0) is 7.05 Å². The number of aromatic nitrogens is 2. The van der Waals surface area contributed by atoms with E-state index in [9.17, 15) is 9.18 Å². The van der Waals surface area contributed by atoms with E-state index in [-0.39, 0.29) is 16.2 Å². The normalized spacial score (nSPS) is 16.4. The summed E-state index contributed by atoms with van der Waals surface area (Å²) in [7, 11) is 1.71. The number of hydrogen-bond acceptors (Lipinski definition) is 3. The number of ketones is 1. The van der Waals surface area contributed by atoms with E-state index in [4.69, 9.17) is 23.2 Å². The number of imidazole rings is 1. The molecule has 2 heterocycles. The molecule has 108 valence electrons. The van der Waals surface area contributed by atoms with Crippen molar-refractivity contribution < 1.29 is 9.18 Å². The van der Waals surface area contributed by atoms with E-state index < -0.39 is 5.82 Å². The maximum Gasteiger partial charge on any atom is 0.204 e. The highest BCUT2D eigenvalue weighted by Gasteiger charge is 2.24. The highest BCUT2D eigenvalue weighted by molar-refractivity contribution is 7.99. The molecule has 0 aliphatic carbocycles. The van der Waals surface area contributed by atoms with E-state index in [1.165, 1.54) is 23.9 Å². The van der Waals surface area contributed by atoms with Crippen LogP contribution in [0, 0.1) is 5.82 Å². The van der Waals surface area contributed by atoms with Gasteiger partial charge in [-0.05, 0) is 35.9 Å². The summed E-state index contributed by atoms with van der Waals surface area (Å²) in [6.45, 7) is 0. The van der Waals surface area contributed by atoms with Gasteiger partial charge in [0.1, 0.15) is 5.82 Å². The average molecular weight is 343 g/mol. The molecule has 3 nitrogen and oxygen atoms in total. The van der Waals surface area contributed by atoms with Gasteiger partial charge in [0.15, 0.2) is 10.9 Å². The van der Waals surface area contributed by atoms with Crippen molar-refractivity contribution in [2.45, 2.75) is 4.90 Å². The van der Waals surface area contributed by atoms with Crippen LogP contribution >= 0.6 is 35.0 Å².